The fraction of sp³-hybridized carbons (Fsp3) is 0.593. The summed E-state index contributed by atoms with van der Waals surface area (Å²) in [5.41, 5.74) is 0.944. The summed E-state index contributed by atoms with van der Waals surface area (Å²) in [6.45, 7) is 3.56. The Morgan fingerprint density at radius 1 is 1.00 bits per heavy atom. The number of likely N-dealkylation sites (tertiary alicyclic amines) is 2. The normalized spacial score (nSPS) is 18.8. The Balaban J connectivity index is 1.38. The molecule has 0 spiro atoms. The van der Waals surface area contributed by atoms with Crippen LogP contribution in [0, 0.1) is 11.8 Å². The van der Waals surface area contributed by atoms with Crippen LogP contribution < -0.4 is 10.6 Å². The minimum Gasteiger partial charge on any atom is -0.481 e. The van der Waals surface area contributed by atoms with Crippen LogP contribution in [0.3, 0.4) is 0 Å². The zero-order valence-corrected chi connectivity index (χ0v) is 21.9. The van der Waals surface area contributed by atoms with Crippen molar-refractivity contribution in [3.05, 3.63) is 35.9 Å². The molecule has 1 aromatic carbocycles. The number of piperidine rings is 2. The molecule has 0 aliphatic carbocycles. The van der Waals surface area contributed by atoms with Crippen molar-refractivity contribution in [3.63, 3.8) is 0 Å². The highest BCUT2D eigenvalue weighted by atomic mass is 16.6. The molecule has 0 bridgehead atoms. The summed E-state index contributed by atoms with van der Waals surface area (Å²) >= 11 is 0. The minimum absolute atomic E-state index is 0.00357. The molecule has 208 valence electrons. The van der Waals surface area contributed by atoms with E-state index in [2.05, 4.69) is 10.6 Å². The number of benzene rings is 1. The Bertz CT molecular complexity index is 963. The van der Waals surface area contributed by atoms with Crippen LogP contribution in [0.15, 0.2) is 30.3 Å². The number of amides is 4. The maximum Gasteiger partial charge on any atom is 0.410 e. The number of carboxylic acid groups (broad SMARTS) is 1. The summed E-state index contributed by atoms with van der Waals surface area (Å²) in [4.78, 5) is 63.8. The second-order valence-corrected chi connectivity index (χ2v) is 10.0. The minimum atomic E-state index is -1.14. The molecule has 11 nitrogen and oxygen atoms in total. The van der Waals surface area contributed by atoms with Crippen molar-refractivity contribution in [2.24, 2.45) is 11.8 Å². The average Bonchev–Trinajstić information content (AvgIpc) is 2.90. The molecular formula is C27H38N4O7. The number of carbonyl (C=O) groups excluding carboxylic acids is 4. The largest absolute Gasteiger partial charge is 0.481 e. The van der Waals surface area contributed by atoms with Gasteiger partial charge in [-0.25, -0.2) is 4.79 Å². The second-order valence-electron chi connectivity index (χ2n) is 10.0. The Labute approximate surface area is 222 Å². The zero-order chi connectivity index (χ0) is 27.5. The molecule has 0 saturated carbocycles. The van der Waals surface area contributed by atoms with Crippen molar-refractivity contribution >= 4 is 29.8 Å². The van der Waals surface area contributed by atoms with Gasteiger partial charge in [-0.15, -0.1) is 0 Å². The molecule has 3 rings (SSSR count). The van der Waals surface area contributed by atoms with E-state index in [4.69, 9.17) is 9.84 Å². The van der Waals surface area contributed by atoms with E-state index in [9.17, 15) is 24.0 Å². The average molecular weight is 531 g/mol. The van der Waals surface area contributed by atoms with Gasteiger partial charge in [-0.2, -0.15) is 0 Å². The molecule has 2 atom stereocenters. The number of ether oxygens (including phenoxy) is 1. The Morgan fingerprint density at radius 3 is 2.37 bits per heavy atom. The highest BCUT2D eigenvalue weighted by molar-refractivity contribution is 5.83. The van der Waals surface area contributed by atoms with Gasteiger partial charge in [0.1, 0.15) is 12.8 Å². The fourth-order valence-corrected chi connectivity index (χ4v) is 4.97. The van der Waals surface area contributed by atoms with Crippen LogP contribution >= 0.6 is 0 Å². The number of rotatable bonds is 10. The second kappa shape index (κ2) is 14.3. The molecule has 1 aromatic rings. The third kappa shape index (κ3) is 9.35. The molecule has 0 unspecified atom stereocenters. The van der Waals surface area contributed by atoms with Gasteiger partial charge in [0.15, 0.2) is 0 Å². The predicted molar refractivity (Wildman–Crippen MR) is 137 cm³/mol. The van der Waals surface area contributed by atoms with Gasteiger partial charge in [0, 0.05) is 39.5 Å². The number of hydrogen-bond acceptors (Lipinski definition) is 6. The molecule has 2 aliphatic rings. The molecule has 11 heteroatoms. The van der Waals surface area contributed by atoms with Crippen molar-refractivity contribution < 1.29 is 33.8 Å². The van der Waals surface area contributed by atoms with E-state index in [-0.39, 0.29) is 31.1 Å². The van der Waals surface area contributed by atoms with Crippen LogP contribution in [0.25, 0.3) is 0 Å². The van der Waals surface area contributed by atoms with Crippen molar-refractivity contribution in [2.75, 3.05) is 26.2 Å². The van der Waals surface area contributed by atoms with E-state index in [1.165, 1.54) is 6.92 Å². The lowest BCUT2D eigenvalue weighted by atomic mass is 9.91. The van der Waals surface area contributed by atoms with Gasteiger partial charge >= 0.3 is 12.1 Å². The van der Waals surface area contributed by atoms with Gasteiger partial charge in [0.2, 0.25) is 17.7 Å². The molecular weight excluding hydrogens is 492 g/mol. The molecule has 3 N–H and O–H groups in total. The summed E-state index contributed by atoms with van der Waals surface area (Å²) < 4.78 is 5.42. The third-order valence-corrected chi connectivity index (χ3v) is 7.06. The molecule has 2 aliphatic heterocycles. The number of nitrogens with zero attached hydrogens (tertiary/aromatic N) is 2. The van der Waals surface area contributed by atoms with E-state index >= 15 is 0 Å². The summed E-state index contributed by atoms with van der Waals surface area (Å²) in [6, 6.07) is 9.54. The van der Waals surface area contributed by atoms with Gasteiger partial charge in [-0.1, -0.05) is 30.3 Å². The van der Waals surface area contributed by atoms with Crippen LogP contribution in [0.2, 0.25) is 0 Å². The lowest BCUT2D eigenvalue weighted by Crippen LogP contribution is -2.53. The van der Waals surface area contributed by atoms with Crippen LogP contribution in [-0.4, -0.2) is 77.0 Å². The van der Waals surface area contributed by atoms with Crippen LogP contribution in [0.5, 0.6) is 0 Å². The topological polar surface area (TPSA) is 145 Å². The maximum atomic E-state index is 12.9. The van der Waals surface area contributed by atoms with Crippen molar-refractivity contribution in [2.45, 2.75) is 64.6 Å². The van der Waals surface area contributed by atoms with E-state index in [1.54, 1.807) is 9.80 Å². The zero-order valence-electron chi connectivity index (χ0n) is 21.9. The SMILES string of the molecule is CC(=O)N[C@@H](CC(=O)O)NC(=O)[C@@H]1CCCN(C(=O)CCC2CCN(C(=O)OCc3ccccc3)CC2)C1. The first kappa shape index (κ1) is 28.9. The Hall–Kier alpha value is -3.63. The predicted octanol–water partition coefficient (Wildman–Crippen LogP) is 2.11. The molecule has 0 radical (unpaired) electrons. The number of hydrogen-bond donors (Lipinski definition) is 3. The highest BCUT2D eigenvalue weighted by Gasteiger charge is 2.31. The first-order valence-corrected chi connectivity index (χ1v) is 13.2. The lowest BCUT2D eigenvalue weighted by molar-refractivity contribution is -0.138. The smallest absolute Gasteiger partial charge is 0.410 e. The molecule has 2 heterocycles. The van der Waals surface area contributed by atoms with Gasteiger partial charge in [0.25, 0.3) is 0 Å². The number of carbonyl (C=O) groups is 5. The lowest BCUT2D eigenvalue weighted by Gasteiger charge is -2.34. The molecule has 38 heavy (non-hydrogen) atoms. The quantitative estimate of drug-likeness (QED) is 0.393. The van der Waals surface area contributed by atoms with Crippen molar-refractivity contribution in [1.82, 2.24) is 20.4 Å². The molecule has 2 fully saturated rings. The summed E-state index contributed by atoms with van der Waals surface area (Å²) in [5, 5.41) is 14.1. The first-order valence-electron chi connectivity index (χ1n) is 13.2. The monoisotopic (exact) mass is 530 g/mol. The Kier molecular flexibility index (Phi) is 10.9. The molecule has 0 aromatic heterocycles. The number of carboxylic acids is 1. The van der Waals surface area contributed by atoms with Gasteiger partial charge in [-0.05, 0) is 43.6 Å². The Morgan fingerprint density at radius 2 is 1.71 bits per heavy atom. The van der Waals surface area contributed by atoms with Gasteiger partial charge in [-0.3, -0.25) is 19.2 Å². The fourth-order valence-electron chi connectivity index (χ4n) is 4.97. The van der Waals surface area contributed by atoms with E-state index in [0.717, 1.165) is 24.8 Å². The standard InChI is InChI=1S/C27H38N4O7/c1-19(32)28-23(16-25(34)35)29-26(36)22-8-5-13-31(17-22)24(33)10-9-20-11-14-30(15-12-20)27(37)38-18-21-6-3-2-4-7-21/h2-4,6-7,20,22-23H,5,8-18H2,1H3,(H,28,32)(H,29,36)(H,34,35)/t22-,23-/m1/s1. The third-order valence-electron chi connectivity index (χ3n) is 7.06. The van der Waals surface area contributed by atoms with Gasteiger partial charge in [0.05, 0.1) is 12.3 Å². The van der Waals surface area contributed by atoms with E-state index < -0.39 is 30.4 Å². The number of nitrogens with one attached hydrogen (secondary N) is 2. The van der Waals surface area contributed by atoms with Crippen molar-refractivity contribution in [3.8, 4) is 0 Å². The highest BCUT2D eigenvalue weighted by Crippen LogP contribution is 2.24. The summed E-state index contributed by atoms with van der Waals surface area (Å²) in [6.07, 6.45) is 2.26. The number of aliphatic carboxylic acids is 1. The summed E-state index contributed by atoms with van der Waals surface area (Å²) in [7, 11) is 0. The van der Waals surface area contributed by atoms with Crippen LogP contribution in [-0.2, 0) is 30.5 Å². The maximum absolute atomic E-state index is 12.9. The summed E-state index contributed by atoms with van der Waals surface area (Å²) in [5.74, 6) is -2.06. The van der Waals surface area contributed by atoms with Crippen LogP contribution in [0.4, 0.5) is 4.79 Å². The molecule has 4 amide bonds. The van der Waals surface area contributed by atoms with E-state index in [0.29, 0.717) is 44.8 Å². The van der Waals surface area contributed by atoms with Crippen LogP contribution in [0.1, 0.15) is 57.4 Å². The van der Waals surface area contributed by atoms with E-state index in [1.807, 2.05) is 30.3 Å². The first-order chi connectivity index (χ1) is 18.2. The van der Waals surface area contributed by atoms with Crippen molar-refractivity contribution in [1.29, 1.82) is 0 Å². The molecule has 2 saturated heterocycles. The van der Waals surface area contributed by atoms with Gasteiger partial charge < -0.3 is 30.3 Å².